The lowest BCUT2D eigenvalue weighted by Gasteiger charge is -2.18. The molecule has 1 amide bonds. The molecular weight excluding hydrogens is 383 g/mol. The lowest BCUT2D eigenvalue weighted by molar-refractivity contribution is -0.187. The van der Waals surface area contributed by atoms with Gasteiger partial charge >= 0.3 is 12.1 Å². The Kier molecular flexibility index (Phi) is 5.25. The van der Waals surface area contributed by atoms with Crippen LogP contribution in [-0.4, -0.2) is 51.3 Å². The van der Waals surface area contributed by atoms with Crippen molar-refractivity contribution in [1.82, 2.24) is 15.0 Å². The second-order valence-electron chi connectivity index (χ2n) is 6.35. The van der Waals surface area contributed by atoms with E-state index in [0.29, 0.717) is 11.7 Å². The normalized spacial score (nSPS) is 19.6. The summed E-state index contributed by atoms with van der Waals surface area (Å²) in [7, 11) is 0. The van der Waals surface area contributed by atoms with Crippen molar-refractivity contribution in [3.8, 4) is 5.75 Å². The summed E-state index contributed by atoms with van der Waals surface area (Å²) in [5.41, 5.74) is 0.0914. The zero-order valence-corrected chi connectivity index (χ0v) is 14.6. The highest BCUT2D eigenvalue weighted by atomic mass is 19.4. The number of hydrogen-bond donors (Lipinski definition) is 1. The summed E-state index contributed by atoms with van der Waals surface area (Å²) in [5.74, 6) is -5.12. The van der Waals surface area contributed by atoms with E-state index in [0.717, 1.165) is 4.90 Å². The molecule has 2 aromatic rings. The standard InChI is InChI=1S/C17H16F3N3O5/c1-9-21-14(22-28-9)8-27-11-4-2-3-10(5-11)15(24)23-6-12(16(25)26)13(7-23)17(18,19)20/h2-5,12-13H,6-8H2,1H3,(H,25,26)/t12-,13-/m1/s1. The van der Waals surface area contributed by atoms with Gasteiger partial charge in [0.1, 0.15) is 5.75 Å². The van der Waals surface area contributed by atoms with E-state index in [1.807, 2.05) is 0 Å². The topological polar surface area (TPSA) is 106 Å². The molecule has 1 fully saturated rings. The van der Waals surface area contributed by atoms with Gasteiger partial charge < -0.3 is 19.3 Å². The van der Waals surface area contributed by atoms with Crippen LogP contribution in [0.3, 0.4) is 0 Å². The molecule has 11 heteroatoms. The lowest BCUT2D eigenvalue weighted by atomic mass is 9.96. The molecule has 3 rings (SSSR count). The third-order valence-corrected chi connectivity index (χ3v) is 4.36. The molecule has 1 aromatic carbocycles. The molecule has 0 unspecified atom stereocenters. The van der Waals surface area contributed by atoms with Crippen LogP contribution in [0.25, 0.3) is 0 Å². The number of ether oxygens (including phenoxy) is 1. The number of carbonyl (C=O) groups excluding carboxylic acids is 1. The molecule has 1 saturated heterocycles. The summed E-state index contributed by atoms with van der Waals surface area (Å²) >= 11 is 0. The van der Waals surface area contributed by atoms with E-state index in [-0.39, 0.29) is 17.9 Å². The Morgan fingerprint density at radius 3 is 2.68 bits per heavy atom. The number of halogens is 3. The molecule has 1 N–H and O–H groups in total. The molecular formula is C17H16F3N3O5. The molecule has 1 aromatic heterocycles. The van der Waals surface area contributed by atoms with E-state index in [9.17, 15) is 22.8 Å². The molecule has 0 saturated carbocycles. The van der Waals surface area contributed by atoms with Gasteiger partial charge in [0.05, 0.1) is 11.8 Å². The Hall–Kier alpha value is -3.11. The molecule has 0 spiro atoms. The van der Waals surface area contributed by atoms with Gasteiger partial charge in [0.15, 0.2) is 6.61 Å². The van der Waals surface area contributed by atoms with Gasteiger partial charge in [-0.25, -0.2) is 0 Å². The smallest absolute Gasteiger partial charge is 0.394 e. The number of nitrogens with zero attached hydrogens (tertiary/aromatic N) is 3. The Labute approximate surface area is 156 Å². The molecule has 2 atom stereocenters. The van der Waals surface area contributed by atoms with Crippen LogP contribution >= 0.6 is 0 Å². The van der Waals surface area contributed by atoms with Crippen LogP contribution in [0.15, 0.2) is 28.8 Å². The van der Waals surface area contributed by atoms with Crippen LogP contribution in [0.5, 0.6) is 5.75 Å². The van der Waals surface area contributed by atoms with E-state index < -0.39 is 43.0 Å². The molecule has 0 radical (unpaired) electrons. The largest absolute Gasteiger partial charge is 0.485 e. The molecule has 8 nitrogen and oxygen atoms in total. The van der Waals surface area contributed by atoms with E-state index in [4.69, 9.17) is 14.4 Å². The Bertz CT molecular complexity index is 883. The van der Waals surface area contributed by atoms with Gasteiger partial charge in [0, 0.05) is 25.6 Å². The van der Waals surface area contributed by atoms with Gasteiger partial charge in [0.25, 0.3) is 5.91 Å². The number of hydrogen-bond acceptors (Lipinski definition) is 6. The number of carbonyl (C=O) groups is 2. The number of aromatic nitrogens is 2. The van der Waals surface area contributed by atoms with Crippen LogP contribution in [0, 0.1) is 18.8 Å². The molecule has 1 aliphatic rings. The maximum absolute atomic E-state index is 13.1. The molecule has 1 aliphatic heterocycles. The minimum Gasteiger partial charge on any atom is -0.485 e. The quantitative estimate of drug-likeness (QED) is 0.822. The second-order valence-corrected chi connectivity index (χ2v) is 6.35. The Balaban J connectivity index is 1.71. The van der Waals surface area contributed by atoms with Gasteiger partial charge in [0.2, 0.25) is 11.7 Å². The fraction of sp³-hybridized carbons (Fsp3) is 0.412. The number of aryl methyl sites for hydroxylation is 1. The van der Waals surface area contributed by atoms with Gasteiger partial charge in [-0.1, -0.05) is 11.2 Å². The van der Waals surface area contributed by atoms with Gasteiger partial charge in [-0.15, -0.1) is 0 Å². The van der Waals surface area contributed by atoms with E-state index >= 15 is 0 Å². The average molecular weight is 399 g/mol. The molecule has 0 bridgehead atoms. The number of rotatable bonds is 5. The van der Waals surface area contributed by atoms with Crippen molar-refractivity contribution in [2.75, 3.05) is 13.1 Å². The first kappa shape index (κ1) is 19.6. The summed E-state index contributed by atoms with van der Waals surface area (Å²) in [6.45, 7) is 0.387. The summed E-state index contributed by atoms with van der Waals surface area (Å²) in [6.07, 6.45) is -4.70. The summed E-state index contributed by atoms with van der Waals surface area (Å²) in [5, 5.41) is 12.7. The van der Waals surface area contributed by atoms with Crippen LogP contribution in [0.2, 0.25) is 0 Å². The lowest BCUT2D eigenvalue weighted by Crippen LogP contribution is -2.34. The van der Waals surface area contributed by atoms with Crippen molar-refractivity contribution in [3.63, 3.8) is 0 Å². The van der Waals surface area contributed by atoms with Crippen LogP contribution in [0.4, 0.5) is 13.2 Å². The fourth-order valence-electron chi connectivity index (χ4n) is 3.00. The van der Waals surface area contributed by atoms with E-state index in [1.54, 1.807) is 13.0 Å². The van der Waals surface area contributed by atoms with Crippen molar-refractivity contribution < 1.29 is 37.1 Å². The molecule has 28 heavy (non-hydrogen) atoms. The van der Waals surface area contributed by atoms with Crippen molar-refractivity contribution in [3.05, 3.63) is 41.5 Å². The molecule has 2 heterocycles. The second kappa shape index (κ2) is 7.49. The van der Waals surface area contributed by atoms with Gasteiger partial charge in [-0.2, -0.15) is 18.2 Å². The monoisotopic (exact) mass is 399 g/mol. The SMILES string of the molecule is Cc1nc(COc2cccc(C(=O)N3C[C@@H](C(F)(F)F)[C@H](C(=O)O)C3)c2)no1. The van der Waals surface area contributed by atoms with Crippen LogP contribution < -0.4 is 4.74 Å². The number of benzene rings is 1. The number of carboxylic acids is 1. The van der Waals surface area contributed by atoms with E-state index in [2.05, 4.69) is 10.1 Å². The maximum atomic E-state index is 13.1. The summed E-state index contributed by atoms with van der Waals surface area (Å²) < 4.78 is 49.6. The number of likely N-dealkylation sites (tertiary alicyclic amines) is 1. The summed E-state index contributed by atoms with van der Waals surface area (Å²) in [4.78, 5) is 28.6. The Morgan fingerprint density at radius 2 is 2.11 bits per heavy atom. The third kappa shape index (κ3) is 4.24. The van der Waals surface area contributed by atoms with Crippen molar-refractivity contribution >= 4 is 11.9 Å². The van der Waals surface area contributed by atoms with Crippen LogP contribution in [-0.2, 0) is 11.4 Å². The minimum atomic E-state index is -4.70. The maximum Gasteiger partial charge on any atom is 0.394 e. The molecule has 150 valence electrons. The van der Waals surface area contributed by atoms with Gasteiger partial charge in [-0.3, -0.25) is 9.59 Å². The minimum absolute atomic E-state index is 0.0179. The van der Waals surface area contributed by atoms with E-state index in [1.165, 1.54) is 18.2 Å². The highest BCUT2D eigenvalue weighted by molar-refractivity contribution is 5.95. The number of aliphatic carboxylic acids is 1. The molecule has 0 aliphatic carbocycles. The highest BCUT2D eigenvalue weighted by Gasteiger charge is 2.53. The Morgan fingerprint density at radius 1 is 1.36 bits per heavy atom. The van der Waals surface area contributed by atoms with Crippen molar-refractivity contribution in [1.29, 1.82) is 0 Å². The number of amides is 1. The third-order valence-electron chi connectivity index (χ3n) is 4.36. The first-order valence-electron chi connectivity index (χ1n) is 8.26. The van der Waals surface area contributed by atoms with Crippen molar-refractivity contribution in [2.24, 2.45) is 11.8 Å². The first-order valence-corrected chi connectivity index (χ1v) is 8.26. The number of alkyl halides is 3. The van der Waals surface area contributed by atoms with Crippen LogP contribution in [0.1, 0.15) is 22.1 Å². The summed E-state index contributed by atoms with van der Waals surface area (Å²) in [6, 6.07) is 5.86. The predicted octanol–water partition coefficient (Wildman–Crippen LogP) is 2.29. The van der Waals surface area contributed by atoms with Crippen molar-refractivity contribution in [2.45, 2.75) is 19.7 Å². The fourth-order valence-corrected chi connectivity index (χ4v) is 3.00. The predicted molar refractivity (Wildman–Crippen MR) is 86.4 cm³/mol. The zero-order chi connectivity index (χ0) is 20.5. The zero-order valence-electron chi connectivity index (χ0n) is 14.6. The number of carboxylic acid groups (broad SMARTS) is 1. The average Bonchev–Trinajstić information content (AvgIpc) is 3.26. The van der Waals surface area contributed by atoms with Gasteiger partial charge in [-0.05, 0) is 18.2 Å². The first-order chi connectivity index (χ1) is 13.1. The highest BCUT2D eigenvalue weighted by Crippen LogP contribution is 2.38.